The van der Waals surface area contributed by atoms with Crippen LogP contribution in [0, 0.1) is 6.92 Å². The van der Waals surface area contributed by atoms with E-state index in [2.05, 4.69) is 26.2 Å². The number of anilines is 1. The molecule has 1 amide bonds. The van der Waals surface area contributed by atoms with Crippen LogP contribution >= 0.6 is 15.9 Å². The van der Waals surface area contributed by atoms with E-state index in [9.17, 15) is 9.59 Å². The molecule has 4 aromatic rings. The van der Waals surface area contributed by atoms with E-state index in [-0.39, 0.29) is 17.9 Å². The van der Waals surface area contributed by atoms with Crippen molar-refractivity contribution >= 4 is 49.3 Å². The second kappa shape index (κ2) is 7.48. The van der Waals surface area contributed by atoms with Crippen molar-refractivity contribution in [1.82, 2.24) is 4.98 Å². The number of aromatic nitrogens is 1. The molecule has 0 unspecified atom stereocenters. The summed E-state index contributed by atoms with van der Waals surface area (Å²) in [7, 11) is 0. The summed E-state index contributed by atoms with van der Waals surface area (Å²) in [5.74, 6) is 0.191. The number of halogens is 1. The number of amides is 1. The summed E-state index contributed by atoms with van der Waals surface area (Å²) >= 11 is 3.44. The number of para-hydroxylation sites is 1. The maximum atomic E-state index is 12.7. The number of rotatable bonds is 4. The fourth-order valence-corrected chi connectivity index (χ4v) is 3.39. The Morgan fingerprint density at radius 2 is 1.82 bits per heavy atom. The van der Waals surface area contributed by atoms with Gasteiger partial charge in [0.25, 0.3) is 5.91 Å². The average Bonchev–Trinajstić information content (AvgIpc) is 2.70. The minimum atomic E-state index is -0.275. The van der Waals surface area contributed by atoms with Crippen LogP contribution in [-0.2, 0) is 4.79 Å². The summed E-state index contributed by atoms with van der Waals surface area (Å²) in [6.45, 7) is 1.83. The molecule has 0 saturated heterocycles. The lowest BCUT2D eigenvalue weighted by molar-refractivity contribution is -0.118. The molecule has 3 aromatic carbocycles. The third kappa shape index (κ3) is 3.64. The summed E-state index contributed by atoms with van der Waals surface area (Å²) in [5.41, 5.74) is 3.22. The van der Waals surface area contributed by atoms with Gasteiger partial charge in [-0.1, -0.05) is 34.1 Å². The van der Waals surface area contributed by atoms with Crippen molar-refractivity contribution in [2.45, 2.75) is 6.92 Å². The lowest BCUT2D eigenvalue weighted by Gasteiger charge is -2.09. The number of hydrogen-bond donors (Lipinski definition) is 2. The quantitative estimate of drug-likeness (QED) is 0.452. The van der Waals surface area contributed by atoms with Crippen molar-refractivity contribution in [3.63, 3.8) is 0 Å². The number of nitrogens with one attached hydrogen (secondary N) is 2. The fourth-order valence-electron chi connectivity index (χ4n) is 3.01. The Balaban J connectivity index is 1.52. The number of hydrogen-bond acceptors (Lipinski definition) is 3. The van der Waals surface area contributed by atoms with Crippen LogP contribution in [0.4, 0.5) is 5.69 Å². The largest absolute Gasteiger partial charge is 0.484 e. The highest BCUT2D eigenvalue weighted by atomic mass is 79.9. The lowest BCUT2D eigenvalue weighted by Crippen LogP contribution is -2.20. The first-order valence-corrected chi connectivity index (χ1v) is 9.54. The molecule has 0 aliphatic rings. The Morgan fingerprint density at radius 3 is 2.64 bits per heavy atom. The molecule has 0 spiro atoms. The monoisotopic (exact) mass is 436 g/mol. The standard InChI is InChI=1S/C22H17BrN2O3/c1-13-6-7-14(10-18(13)23)24-21(26)12-28-15-8-9-20-17(11-15)22(27)16-4-2-3-5-19(16)25-20/h2-11H,12H2,1H3,(H,24,26)(H,25,27). The first-order chi connectivity index (χ1) is 13.5. The van der Waals surface area contributed by atoms with Crippen molar-refractivity contribution in [2.75, 3.05) is 11.9 Å². The summed E-state index contributed by atoms with van der Waals surface area (Å²) in [5, 5.41) is 3.94. The van der Waals surface area contributed by atoms with Gasteiger partial charge >= 0.3 is 0 Å². The maximum Gasteiger partial charge on any atom is 0.262 e. The molecule has 0 saturated carbocycles. The second-order valence-electron chi connectivity index (χ2n) is 6.51. The smallest absolute Gasteiger partial charge is 0.262 e. The Morgan fingerprint density at radius 1 is 1.04 bits per heavy atom. The van der Waals surface area contributed by atoms with Crippen LogP contribution in [0.2, 0.25) is 0 Å². The number of pyridine rings is 1. The molecular formula is C22H17BrN2O3. The minimum absolute atomic E-state index is 0.0660. The highest BCUT2D eigenvalue weighted by molar-refractivity contribution is 9.10. The number of aryl methyl sites for hydroxylation is 1. The Kier molecular flexibility index (Phi) is 4.88. The molecule has 6 heteroatoms. The molecule has 4 rings (SSSR count). The van der Waals surface area contributed by atoms with E-state index in [0.29, 0.717) is 22.2 Å². The molecule has 0 aliphatic heterocycles. The van der Waals surface area contributed by atoms with Crippen LogP contribution in [0.25, 0.3) is 21.8 Å². The minimum Gasteiger partial charge on any atom is -0.484 e. The van der Waals surface area contributed by atoms with E-state index >= 15 is 0 Å². The van der Waals surface area contributed by atoms with Crippen LogP contribution in [0.3, 0.4) is 0 Å². The highest BCUT2D eigenvalue weighted by Gasteiger charge is 2.09. The SMILES string of the molecule is Cc1ccc(NC(=O)COc2ccc3[nH]c4ccccc4c(=O)c3c2)cc1Br. The number of carbonyl (C=O) groups excluding carboxylic acids is 1. The molecule has 0 radical (unpaired) electrons. The lowest BCUT2D eigenvalue weighted by atomic mass is 10.1. The van der Waals surface area contributed by atoms with Crippen LogP contribution in [0.1, 0.15) is 5.56 Å². The molecule has 5 nitrogen and oxygen atoms in total. The van der Waals surface area contributed by atoms with Crippen LogP contribution < -0.4 is 15.5 Å². The zero-order chi connectivity index (χ0) is 19.7. The number of ether oxygens (including phenoxy) is 1. The van der Waals surface area contributed by atoms with Gasteiger partial charge in [0, 0.05) is 26.4 Å². The van der Waals surface area contributed by atoms with Gasteiger partial charge < -0.3 is 15.0 Å². The maximum absolute atomic E-state index is 12.7. The Hall–Kier alpha value is -3.12. The Labute approximate surface area is 169 Å². The van der Waals surface area contributed by atoms with E-state index in [4.69, 9.17) is 4.74 Å². The van der Waals surface area contributed by atoms with E-state index in [1.165, 1.54) is 0 Å². The second-order valence-corrected chi connectivity index (χ2v) is 7.36. The van der Waals surface area contributed by atoms with Gasteiger partial charge in [0.2, 0.25) is 0 Å². The van der Waals surface area contributed by atoms with Crippen LogP contribution in [0.15, 0.2) is 69.9 Å². The van der Waals surface area contributed by atoms with Crippen molar-refractivity contribution in [3.8, 4) is 5.75 Å². The van der Waals surface area contributed by atoms with Gasteiger partial charge in [-0.2, -0.15) is 0 Å². The first kappa shape index (κ1) is 18.3. The zero-order valence-corrected chi connectivity index (χ0v) is 16.7. The Bertz CT molecular complexity index is 1260. The van der Waals surface area contributed by atoms with Crippen LogP contribution in [0.5, 0.6) is 5.75 Å². The van der Waals surface area contributed by atoms with E-state index in [0.717, 1.165) is 21.1 Å². The van der Waals surface area contributed by atoms with Gasteiger partial charge in [-0.05, 0) is 55.0 Å². The number of H-pyrrole nitrogens is 1. The first-order valence-electron chi connectivity index (χ1n) is 8.75. The molecule has 1 heterocycles. The number of benzene rings is 3. The third-order valence-electron chi connectivity index (χ3n) is 4.50. The van der Waals surface area contributed by atoms with Gasteiger partial charge in [-0.15, -0.1) is 0 Å². The van der Waals surface area contributed by atoms with Crippen LogP contribution in [-0.4, -0.2) is 17.5 Å². The van der Waals surface area contributed by atoms with Gasteiger partial charge in [0.15, 0.2) is 12.0 Å². The summed E-state index contributed by atoms with van der Waals surface area (Å²) < 4.78 is 6.52. The van der Waals surface area contributed by atoms with Crippen molar-refractivity contribution in [3.05, 3.63) is 80.9 Å². The van der Waals surface area contributed by atoms with Gasteiger partial charge in [-0.25, -0.2) is 0 Å². The van der Waals surface area contributed by atoms with Crippen molar-refractivity contribution in [2.24, 2.45) is 0 Å². The average molecular weight is 437 g/mol. The van der Waals surface area contributed by atoms with Gasteiger partial charge in [0.05, 0.1) is 5.52 Å². The molecule has 1 aromatic heterocycles. The summed E-state index contributed by atoms with van der Waals surface area (Å²) in [6, 6.07) is 18.1. The fraction of sp³-hybridized carbons (Fsp3) is 0.0909. The summed E-state index contributed by atoms with van der Waals surface area (Å²) in [4.78, 5) is 28.1. The topological polar surface area (TPSA) is 71.2 Å². The molecule has 0 fully saturated rings. The number of carbonyl (C=O) groups is 1. The molecule has 140 valence electrons. The number of aromatic amines is 1. The summed E-state index contributed by atoms with van der Waals surface area (Å²) in [6.07, 6.45) is 0. The highest BCUT2D eigenvalue weighted by Crippen LogP contribution is 2.22. The predicted molar refractivity (Wildman–Crippen MR) is 115 cm³/mol. The normalized spacial score (nSPS) is 10.9. The molecule has 2 N–H and O–H groups in total. The molecule has 0 aliphatic carbocycles. The van der Waals surface area contributed by atoms with Gasteiger partial charge in [0.1, 0.15) is 5.75 Å². The van der Waals surface area contributed by atoms with E-state index in [1.54, 1.807) is 24.3 Å². The molecule has 28 heavy (non-hydrogen) atoms. The zero-order valence-electron chi connectivity index (χ0n) is 15.1. The predicted octanol–water partition coefficient (Wildman–Crippen LogP) is 4.77. The third-order valence-corrected chi connectivity index (χ3v) is 5.36. The molecule has 0 bridgehead atoms. The van der Waals surface area contributed by atoms with E-state index < -0.39 is 0 Å². The molecule has 0 atom stereocenters. The van der Waals surface area contributed by atoms with Gasteiger partial charge in [-0.3, -0.25) is 9.59 Å². The van der Waals surface area contributed by atoms with Crippen molar-refractivity contribution in [1.29, 1.82) is 0 Å². The van der Waals surface area contributed by atoms with Crippen molar-refractivity contribution < 1.29 is 9.53 Å². The number of fused-ring (bicyclic) bond motifs is 2. The molecular weight excluding hydrogens is 420 g/mol. The van der Waals surface area contributed by atoms with E-state index in [1.807, 2.05) is 43.3 Å².